The Labute approximate surface area is 228 Å². The van der Waals surface area contributed by atoms with Crippen molar-refractivity contribution in [1.82, 2.24) is 15.1 Å². The van der Waals surface area contributed by atoms with Crippen molar-refractivity contribution in [1.29, 1.82) is 0 Å². The minimum atomic E-state index is -4.41. The van der Waals surface area contributed by atoms with Crippen LogP contribution < -0.4 is 14.8 Å². The summed E-state index contributed by atoms with van der Waals surface area (Å²) in [7, 11) is 0. The molecule has 2 aliphatic heterocycles. The van der Waals surface area contributed by atoms with Crippen LogP contribution in [0.5, 0.6) is 11.5 Å². The van der Waals surface area contributed by atoms with E-state index in [0.717, 1.165) is 29.2 Å². The van der Waals surface area contributed by atoms with Crippen molar-refractivity contribution in [2.45, 2.75) is 18.8 Å². The van der Waals surface area contributed by atoms with Gasteiger partial charge in [-0.25, -0.2) is 0 Å². The topological polar surface area (TPSA) is 91.3 Å². The first kappa shape index (κ1) is 27.5. The van der Waals surface area contributed by atoms with Crippen molar-refractivity contribution in [2.75, 3.05) is 39.6 Å². The number of alkyl halides is 3. The van der Waals surface area contributed by atoms with Crippen molar-refractivity contribution >= 4 is 11.8 Å². The zero-order valence-electron chi connectivity index (χ0n) is 21.5. The summed E-state index contributed by atoms with van der Waals surface area (Å²) >= 11 is 0. The number of hydrogen-bond acceptors (Lipinski definition) is 6. The van der Waals surface area contributed by atoms with Crippen LogP contribution >= 0.6 is 0 Å². The third kappa shape index (κ3) is 6.21. The monoisotopic (exact) mass is 555 g/mol. The summed E-state index contributed by atoms with van der Waals surface area (Å²) in [4.78, 5) is 29.7. The van der Waals surface area contributed by atoms with Gasteiger partial charge in [-0.3, -0.25) is 14.5 Å². The second-order valence-corrected chi connectivity index (χ2v) is 9.65. The molecular weight excluding hydrogens is 527 g/mol. The van der Waals surface area contributed by atoms with E-state index in [2.05, 4.69) is 10.2 Å². The summed E-state index contributed by atoms with van der Waals surface area (Å²) < 4.78 is 49.2. The highest BCUT2D eigenvalue weighted by Crippen LogP contribution is 2.33. The first-order valence-electron chi connectivity index (χ1n) is 12.8. The second-order valence-electron chi connectivity index (χ2n) is 9.65. The predicted octanol–water partition coefficient (Wildman–Crippen LogP) is 3.54. The van der Waals surface area contributed by atoms with Crippen molar-refractivity contribution in [2.24, 2.45) is 0 Å². The average Bonchev–Trinajstić information content (AvgIpc) is 3.44. The number of fused-ring (bicyclic) bond motifs is 1. The van der Waals surface area contributed by atoms with Crippen LogP contribution in [0.1, 0.15) is 21.5 Å². The molecular formula is C29H28F3N3O5. The van der Waals surface area contributed by atoms with Crippen LogP contribution in [-0.4, -0.2) is 72.3 Å². The summed E-state index contributed by atoms with van der Waals surface area (Å²) in [5.74, 6) is 0.557. The highest BCUT2D eigenvalue weighted by atomic mass is 19.4. The number of carbonyl (C=O) groups is 2. The van der Waals surface area contributed by atoms with Gasteiger partial charge in [0.25, 0.3) is 5.91 Å². The molecule has 2 N–H and O–H groups in total. The van der Waals surface area contributed by atoms with E-state index in [4.69, 9.17) is 9.47 Å². The molecule has 1 saturated heterocycles. The van der Waals surface area contributed by atoms with Gasteiger partial charge in [0, 0.05) is 38.3 Å². The largest absolute Gasteiger partial charge is 0.454 e. The molecule has 0 spiro atoms. The Hall–Kier alpha value is -4.09. The summed E-state index contributed by atoms with van der Waals surface area (Å²) in [5, 5.41) is 12.4. The Morgan fingerprint density at radius 1 is 0.875 bits per heavy atom. The molecule has 8 nitrogen and oxygen atoms in total. The van der Waals surface area contributed by atoms with Crippen LogP contribution in [-0.2, 0) is 17.5 Å². The lowest BCUT2D eigenvalue weighted by atomic mass is 10.0. The third-order valence-corrected chi connectivity index (χ3v) is 7.01. The van der Waals surface area contributed by atoms with Crippen LogP contribution in [0.2, 0.25) is 0 Å². The highest BCUT2D eigenvalue weighted by Gasteiger charge is 2.30. The van der Waals surface area contributed by atoms with E-state index in [1.54, 1.807) is 17.0 Å². The summed E-state index contributed by atoms with van der Waals surface area (Å²) in [6, 6.07) is 15.8. The Morgan fingerprint density at radius 2 is 1.50 bits per heavy atom. The molecule has 0 aromatic heterocycles. The Morgan fingerprint density at radius 3 is 2.12 bits per heavy atom. The van der Waals surface area contributed by atoms with Gasteiger partial charge in [0.15, 0.2) is 11.5 Å². The minimum Gasteiger partial charge on any atom is -0.454 e. The molecule has 1 fully saturated rings. The van der Waals surface area contributed by atoms with Gasteiger partial charge < -0.3 is 24.8 Å². The van der Waals surface area contributed by atoms with E-state index in [1.165, 1.54) is 24.3 Å². The van der Waals surface area contributed by atoms with Gasteiger partial charge in [0.05, 0.1) is 12.2 Å². The molecule has 0 aliphatic carbocycles. The fourth-order valence-electron chi connectivity index (χ4n) is 4.74. The fourth-order valence-corrected chi connectivity index (χ4v) is 4.74. The average molecular weight is 556 g/mol. The van der Waals surface area contributed by atoms with Crippen LogP contribution in [0, 0.1) is 0 Å². The van der Waals surface area contributed by atoms with Gasteiger partial charge in [-0.1, -0.05) is 30.3 Å². The minimum absolute atomic E-state index is 0.218. The molecule has 210 valence electrons. The van der Waals surface area contributed by atoms with E-state index < -0.39 is 30.3 Å². The predicted molar refractivity (Wildman–Crippen MR) is 140 cm³/mol. The molecule has 2 heterocycles. The lowest BCUT2D eigenvalue weighted by molar-refractivity contribution is -0.137. The quantitative estimate of drug-likeness (QED) is 0.464. The maximum Gasteiger partial charge on any atom is 0.416 e. The van der Waals surface area contributed by atoms with Crippen LogP contribution in [0.3, 0.4) is 0 Å². The zero-order chi connectivity index (χ0) is 28.3. The zero-order valence-corrected chi connectivity index (χ0v) is 21.5. The van der Waals surface area contributed by atoms with Crippen molar-refractivity contribution in [3.8, 4) is 22.6 Å². The fraction of sp³-hybridized carbons (Fsp3) is 0.310. The number of amides is 2. The first-order valence-corrected chi connectivity index (χ1v) is 12.8. The SMILES string of the molecule is O=C(N[C@@H](CO)C(=O)N1CCN(Cc2ccc3c(c2)OCO3)CC1)c1ccc(-c2ccc(C(F)(F)F)cc2)cc1. The first-order chi connectivity index (χ1) is 19.2. The lowest BCUT2D eigenvalue weighted by Crippen LogP contribution is -2.55. The Bertz CT molecular complexity index is 1350. The molecule has 5 rings (SSSR count). The summed E-state index contributed by atoms with van der Waals surface area (Å²) in [5.41, 5.74) is 1.81. The number of nitrogens with zero attached hydrogens (tertiary/aromatic N) is 2. The maximum absolute atomic E-state index is 13.0. The van der Waals surface area contributed by atoms with Crippen molar-refractivity contribution < 1.29 is 37.3 Å². The molecule has 3 aromatic rings. The second kappa shape index (κ2) is 11.6. The normalized spacial score (nSPS) is 16.1. The molecule has 2 amide bonds. The number of benzene rings is 3. The van der Waals surface area contributed by atoms with Gasteiger partial charge >= 0.3 is 6.18 Å². The number of carbonyl (C=O) groups excluding carboxylic acids is 2. The molecule has 11 heteroatoms. The summed E-state index contributed by atoms with van der Waals surface area (Å²) in [6.45, 7) is 2.55. The van der Waals surface area contributed by atoms with Crippen LogP contribution in [0.15, 0.2) is 66.7 Å². The molecule has 1 atom stereocenters. The molecule has 2 aliphatic rings. The molecule has 3 aromatic carbocycles. The summed E-state index contributed by atoms with van der Waals surface area (Å²) in [6.07, 6.45) is -4.41. The van der Waals surface area contributed by atoms with Crippen molar-refractivity contribution in [3.05, 3.63) is 83.4 Å². The molecule has 0 bridgehead atoms. The number of halogens is 3. The molecule has 0 saturated carbocycles. The number of piperazine rings is 1. The third-order valence-electron chi connectivity index (χ3n) is 7.01. The number of aliphatic hydroxyl groups is 1. The number of hydrogen-bond donors (Lipinski definition) is 2. The number of rotatable bonds is 7. The van der Waals surface area contributed by atoms with Gasteiger partial charge in [-0.2, -0.15) is 13.2 Å². The standard InChI is InChI=1S/C29H28F3N3O5/c30-29(31,32)23-8-6-21(7-9-23)20-2-4-22(5-3-20)27(37)33-24(17-36)28(38)35-13-11-34(12-14-35)16-19-1-10-25-26(15-19)40-18-39-25/h1-10,15,24,36H,11-14,16-18H2,(H,33,37)/t24-/m0/s1. The smallest absolute Gasteiger partial charge is 0.416 e. The van der Waals surface area contributed by atoms with E-state index in [9.17, 15) is 27.9 Å². The number of nitrogens with one attached hydrogen (secondary N) is 1. The van der Waals surface area contributed by atoms with E-state index in [0.29, 0.717) is 43.9 Å². The number of ether oxygens (including phenoxy) is 2. The van der Waals surface area contributed by atoms with Gasteiger partial charge in [0.2, 0.25) is 12.7 Å². The van der Waals surface area contributed by atoms with Crippen LogP contribution in [0.4, 0.5) is 13.2 Å². The van der Waals surface area contributed by atoms with E-state index >= 15 is 0 Å². The molecule has 0 radical (unpaired) electrons. The molecule has 0 unspecified atom stereocenters. The van der Waals surface area contributed by atoms with Gasteiger partial charge in [-0.15, -0.1) is 0 Å². The van der Waals surface area contributed by atoms with Gasteiger partial charge in [0.1, 0.15) is 6.04 Å². The van der Waals surface area contributed by atoms with E-state index in [1.807, 2.05) is 18.2 Å². The lowest BCUT2D eigenvalue weighted by Gasteiger charge is -2.36. The van der Waals surface area contributed by atoms with E-state index in [-0.39, 0.29) is 18.3 Å². The number of aliphatic hydroxyl groups excluding tert-OH is 1. The van der Waals surface area contributed by atoms with Crippen molar-refractivity contribution in [3.63, 3.8) is 0 Å². The van der Waals surface area contributed by atoms with Gasteiger partial charge in [-0.05, 0) is 53.1 Å². The highest BCUT2D eigenvalue weighted by molar-refractivity contribution is 5.98. The molecule has 40 heavy (non-hydrogen) atoms. The maximum atomic E-state index is 13.0. The Kier molecular flexibility index (Phi) is 7.95. The Balaban J connectivity index is 1.13. The van der Waals surface area contributed by atoms with Crippen LogP contribution in [0.25, 0.3) is 11.1 Å².